The maximum atomic E-state index is 11.8. The summed E-state index contributed by atoms with van der Waals surface area (Å²) >= 11 is 5.71. The molecule has 1 aromatic rings. The molecule has 98 valence electrons. The topological polar surface area (TPSA) is 71.5 Å². The van der Waals surface area contributed by atoms with Crippen molar-refractivity contribution in [3.05, 3.63) is 29.0 Å². The molecule has 2 heterocycles. The first-order valence-corrected chi connectivity index (χ1v) is 6.17. The summed E-state index contributed by atoms with van der Waals surface area (Å²) in [6.45, 7) is 1.26. The Morgan fingerprint density at radius 2 is 2.28 bits per heavy atom. The van der Waals surface area contributed by atoms with E-state index in [4.69, 9.17) is 16.3 Å². The highest BCUT2D eigenvalue weighted by molar-refractivity contribution is 6.29. The van der Waals surface area contributed by atoms with Crippen molar-refractivity contribution in [3.8, 4) is 0 Å². The van der Waals surface area contributed by atoms with Gasteiger partial charge in [0.25, 0.3) is 5.91 Å². The summed E-state index contributed by atoms with van der Waals surface area (Å²) in [5.74, 6) is -0.265. The molecule has 0 aliphatic carbocycles. The zero-order valence-corrected chi connectivity index (χ0v) is 10.6. The third kappa shape index (κ3) is 3.41. The average molecular weight is 271 g/mol. The van der Waals surface area contributed by atoms with Gasteiger partial charge in [0.2, 0.25) is 0 Å². The number of aromatic nitrogens is 1. The van der Waals surface area contributed by atoms with E-state index in [-0.39, 0.29) is 17.6 Å². The number of ether oxygens (including phenoxy) is 1. The Morgan fingerprint density at radius 3 is 2.94 bits per heavy atom. The van der Waals surface area contributed by atoms with Gasteiger partial charge >= 0.3 is 0 Å². The fourth-order valence-electron chi connectivity index (χ4n) is 1.82. The Morgan fingerprint density at radius 1 is 1.56 bits per heavy atom. The van der Waals surface area contributed by atoms with Crippen molar-refractivity contribution >= 4 is 17.5 Å². The number of amides is 1. The Bertz CT molecular complexity index is 433. The first-order chi connectivity index (χ1) is 8.59. The van der Waals surface area contributed by atoms with E-state index in [1.54, 1.807) is 6.07 Å². The standard InChI is InChI=1S/C12H15ClN2O3/c13-10-7-9(1-4-14-10)11(16)15-8-12(17)2-5-18-6-3-12/h1,4,7,17H,2-3,5-6,8H2,(H,15,16). The van der Waals surface area contributed by atoms with Crippen LogP contribution in [0.25, 0.3) is 0 Å². The molecule has 1 fully saturated rings. The molecule has 1 saturated heterocycles. The number of hydrogen-bond acceptors (Lipinski definition) is 4. The largest absolute Gasteiger partial charge is 0.388 e. The molecule has 0 saturated carbocycles. The van der Waals surface area contributed by atoms with Gasteiger partial charge in [-0.3, -0.25) is 4.79 Å². The predicted molar refractivity (Wildman–Crippen MR) is 66.6 cm³/mol. The fourth-order valence-corrected chi connectivity index (χ4v) is 1.99. The van der Waals surface area contributed by atoms with Crippen molar-refractivity contribution in [2.45, 2.75) is 18.4 Å². The summed E-state index contributed by atoms with van der Waals surface area (Å²) in [4.78, 5) is 15.6. The maximum absolute atomic E-state index is 11.8. The van der Waals surface area contributed by atoms with Gasteiger partial charge in [0.05, 0.1) is 5.60 Å². The second-order valence-electron chi connectivity index (χ2n) is 4.39. The van der Waals surface area contributed by atoms with Crippen LogP contribution < -0.4 is 5.32 Å². The van der Waals surface area contributed by atoms with Gasteiger partial charge in [0.15, 0.2) is 0 Å². The second kappa shape index (κ2) is 5.65. The lowest BCUT2D eigenvalue weighted by atomic mass is 9.94. The van der Waals surface area contributed by atoms with Crippen LogP contribution in [0.3, 0.4) is 0 Å². The van der Waals surface area contributed by atoms with Gasteiger partial charge in [-0.2, -0.15) is 0 Å². The number of nitrogens with zero attached hydrogens (tertiary/aromatic N) is 1. The van der Waals surface area contributed by atoms with Crippen LogP contribution in [0, 0.1) is 0 Å². The van der Waals surface area contributed by atoms with Crippen LogP contribution in [-0.4, -0.2) is 41.4 Å². The van der Waals surface area contributed by atoms with Gasteiger partial charge in [-0.25, -0.2) is 4.98 Å². The van der Waals surface area contributed by atoms with Crippen molar-refractivity contribution in [2.75, 3.05) is 19.8 Å². The normalized spacial score (nSPS) is 18.3. The molecule has 1 aromatic heterocycles. The molecule has 0 bridgehead atoms. The minimum atomic E-state index is -0.870. The molecule has 0 atom stereocenters. The molecular weight excluding hydrogens is 256 g/mol. The van der Waals surface area contributed by atoms with E-state index < -0.39 is 5.60 Å². The van der Waals surface area contributed by atoms with E-state index >= 15 is 0 Å². The second-order valence-corrected chi connectivity index (χ2v) is 4.77. The Balaban J connectivity index is 1.92. The van der Waals surface area contributed by atoms with Crippen molar-refractivity contribution in [1.29, 1.82) is 0 Å². The summed E-state index contributed by atoms with van der Waals surface area (Å²) in [5.41, 5.74) is -0.435. The fraction of sp³-hybridized carbons (Fsp3) is 0.500. The Kier molecular flexibility index (Phi) is 4.16. The number of hydrogen-bond donors (Lipinski definition) is 2. The minimum Gasteiger partial charge on any atom is -0.388 e. The van der Waals surface area contributed by atoms with E-state index in [2.05, 4.69) is 10.3 Å². The lowest BCUT2D eigenvalue weighted by molar-refractivity contribution is -0.0605. The van der Waals surface area contributed by atoms with Crippen molar-refractivity contribution in [3.63, 3.8) is 0 Å². The predicted octanol–water partition coefficient (Wildman–Crippen LogP) is 1.01. The highest BCUT2D eigenvalue weighted by Crippen LogP contribution is 2.19. The van der Waals surface area contributed by atoms with E-state index in [1.165, 1.54) is 12.3 Å². The quantitative estimate of drug-likeness (QED) is 0.804. The number of aliphatic hydroxyl groups is 1. The first kappa shape index (κ1) is 13.3. The summed E-state index contributed by atoms with van der Waals surface area (Å²) in [6, 6.07) is 3.07. The zero-order chi connectivity index (χ0) is 13.0. The van der Waals surface area contributed by atoms with Crippen molar-refractivity contribution in [1.82, 2.24) is 10.3 Å². The molecule has 1 aliphatic heterocycles. The van der Waals surface area contributed by atoms with E-state index in [0.717, 1.165) is 0 Å². The third-order valence-corrected chi connectivity index (χ3v) is 3.20. The van der Waals surface area contributed by atoms with Gasteiger partial charge < -0.3 is 15.2 Å². The first-order valence-electron chi connectivity index (χ1n) is 5.79. The smallest absolute Gasteiger partial charge is 0.251 e. The van der Waals surface area contributed by atoms with Gasteiger partial charge in [0.1, 0.15) is 5.15 Å². The molecule has 1 aliphatic rings. The van der Waals surface area contributed by atoms with Gasteiger partial charge in [-0.15, -0.1) is 0 Å². The van der Waals surface area contributed by atoms with Gasteiger partial charge in [0, 0.05) is 44.4 Å². The highest BCUT2D eigenvalue weighted by Gasteiger charge is 2.30. The molecule has 18 heavy (non-hydrogen) atoms. The highest BCUT2D eigenvalue weighted by atomic mass is 35.5. The van der Waals surface area contributed by atoms with Crippen molar-refractivity contribution < 1.29 is 14.6 Å². The number of carbonyl (C=O) groups excluding carboxylic acids is 1. The molecular formula is C12H15ClN2O3. The molecule has 2 N–H and O–H groups in total. The molecule has 6 heteroatoms. The van der Waals surface area contributed by atoms with Gasteiger partial charge in [-0.05, 0) is 12.1 Å². The molecule has 0 unspecified atom stereocenters. The Hall–Kier alpha value is -1.17. The number of halogens is 1. The summed E-state index contributed by atoms with van der Waals surface area (Å²) < 4.78 is 5.17. The summed E-state index contributed by atoms with van der Waals surface area (Å²) in [6.07, 6.45) is 2.54. The summed E-state index contributed by atoms with van der Waals surface area (Å²) in [7, 11) is 0. The molecule has 2 rings (SSSR count). The van der Waals surface area contributed by atoms with Crippen molar-refractivity contribution in [2.24, 2.45) is 0 Å². The molecule has 5 nitrogen and oxygen atoms in total. The number of pyridine rings is 1. The van der Waals surface area contributed by atoms with E-state index in [0.29, 0.717) is 31.6 Å². The van der Waals surface area contributed by atoms with Gasteiger partial charge in [-0.1, -0.05) is 11.6 Å². The SMILES string of the molecule is O=C(NCC1(O)CCOCC1)c1ccnc(Cl)c1. The van der Waals surface area contributed by atoms with Crippen LogP contribution in [-0.2, 0) is 4.74 Å². The lowest BCUT2D eigenvalue weighted by Crippen LogP contribution is -2.46. The van der Waals surface area contributed by atoms with Crippen LogP contribution in [0.4, 0.5) is 0 Å². The molecule has 0 radical (unpaired) electrons. The molecule has 0 spiro atoms. The van der Waals surface area contributed by atoms with E-state index in [1.807, 2.05) is 0 Å². The van der Waals surface area contributed by atoms with Crippen LogP contribution in [0.1, 0.15) is 23.2 Å². The van der Waals surface area contributed by atoms with Crippen LogP contribution in [0.5, 0.6) is 0 Å². The maximum Gasteiger partial charge on any atom is 0.251 e. The van der Waals surface area contributed by atoms with E-state index in [9.17, 15) is 9.90 Å². The number of nitrogens with one attached hydrogen (secondary N) is 1. The summed E-state index contributed by atoms with van der Waals surface area (Å²) in [5, 5.41) is 13.2. The van der Waals surface area contributed by atoms with Crippen LogP contribution >= 0.6 is 11.6 Å². The molecule has 0 aromatic carbocycles. The lowest BCUT2D eigenvalue weighted by Gasteiger charge is -2.32. The number of carbonyl (C=O) groups is 1. The van der Waals surface area contributed by atoms with Crippen LogP contribution in [0.15, 0.2) is 18.3 Å². The Labute approximate surface area is 110 Å². The average Bonchev–Trinajstić information content (AvgIpc) is 2.37. The third-order valence-electron chi connectivity index (χ3n) is 2.99. The molecule has 1 amide bonds. The number of rotatable bonds is 3. The minimum absolute atomic E-state index is 0.217. The monoisotopic (exact) mass is 270 g/mol. The zero-order valence-electron chi connectivity index (χ0n) is 9.86. The van der Waals surface area contributed by atoms with Crippen LogP contribution in [0.2, 0.25) is 5.15 Å².